The maximum Gasteiger partial charge on any atom is 0.325 e. The molecule has 0 saturated carbocycles. The first kappa shape index (κ1) is 17.5. The molecule has 2 N–H and O–H groups in total. The van der Waals surface area contributed by atoms with Crippen LogP contribution in [0.1, 0.15) is 25.8 Å². The van der Waals surface area contributed by atoms with Crippen LogP contribution in [-0.4, -0.2) is 53.0 Å². The number of carbonyl (C=O) groups is 2. The summed E-state index contributed by atoms with van der Waals surface area (Å²) in [5.41, 5.74) is 0.899. The molecule has 0 spiro atoms. The molecule has 0 aromatic heterocycles. The number of hydrogen-bond donors (Lipinski definition) is 2. The minimum absolute atomic E-state index is 0.191. The van der Waals surface area contributed by atoms with Gasteiger partial charge in [0, 0.05) is 24.7 Å². The number of rotatable bonds is 4. The number of guanidine groups is 1. The number of carbonyl (C=O) groups excluding carboxylic acids is 2. The normalized spacial score (nSPS) is 23.9. The van der Waals surface area contributed by atoms with Crippen molar-refractivity contribution in [3.63, 3.8) is 0 Å². The average Bonchev–Trinajstić information content (AvgIpc) is 2.93. The molecule has 3 atom stereocenters. The van der Waals surface area contributed by atoms with E-state index in [1.807, 2.05) is 36.1 Å². The first-order valence-electron chi connectivity index (χ1n) is 8.34. The minimum Gasteiger partial charge on any atom is -0.354 e. The van der Waals surface area contributed by atoms with Crippen molar-refractivity contribution in [1.29, 1.82) is 0 Å². The Labute approximate surface area is 152 Å². The lowest BCUT2D eigenvalue weighted by molar-refractivity contribution is -0.127. The molecule has 1 saturated heterocycles. The van der Waals surface area contributed by atoms with E-state index in [1.54, 1.807) is 7.05 Å². The van der Waals surface area contributed by atoms with Gasteiger partial charge in [-0.3, -0.25) is 10.1 Å². The van der Waals surface area contributed by atoms with Crippen molar-refractivity contribution in [1.82, 2.24) is 20.4 Å². The first-order chi connectivity index (χ1) is 11.9. The molecule has 2 aliphatic rings. The Morgan fingerprint density at radius 2 is 2.08 bits per heavy atom. The summed E-state index contributed by atoms with van der Waals surface area (Å²) in [6.45, 7) is 4.55. The van der Waals surface area contributed by atoms with Crippen molar-refractivity contribution in [2.24, 2.45) is 4.99 Å². The predicted molar refractivity (Wildman–Crippen MR) is 96.2 cm³/mol. The Kier molecular flexibility index (Phi) is 4.85. The Balaban J connectivity index is 1.94. The van der Waals surface area contributed by atoms with Crippen LogP contribution < -0.4 is 10.6 Å². The maximum atomic E-state index is 12.5. The highest BCUT2D eigenvalue weighted by atomic mass is 35.5. The Morgan fingerprint density at radius 3 is 2.76 bits per heavy atom. The molecule has 0 bridgehead atoms. The number of hydrogen-bond acceptors (Lipinski definition) is 5. The van der Waals surface area contributed by atoms with Crippen LogP contribution in [-0.2, 0) is 11.3 Å². The summed E-state index contributed by atoms with van der Waals surface area (Å²) < 4.78 is 0. The van der Waals surface area contributed by atoms with Gasteiger partial charge in [0.2, 0.25) is 0 Å². The first-order valence-corrected chi connectivity index (χ1v) is 8.72. The topological polar surface area (TPSA) is 77.0 Å². The highest BCUT2D eigenvalue weighted by molar-refractivity contribution is 6.31. The van der Waals surface area contributed by atoms with Crippen LogP contribution in [0, 0.1) is 0 Å². The molecule has 134 valence electrons. The van der Waals surface area contributed by atoms with Crippen LogP contribution in [0.3, 0.4) is 0 Å². The van der Waals surface area contributed by atoms with E-state index in [2.05, 4.69) is 22.5 Å². The molecule has 0 aliphatic carbocycles. The number of nitrogens with one attached hydrogen (secondary N) is 2. The standard InChI is InChI=1S/C17H22ClN5O2/c1-4-10(2)19-16-20-14-13(15(24)21-17(25)22(14)3)23(16)9-11-7-5-6-8-12(11)18/h5-8,10,13-14H,4,9H2,1-3H3,(H,19,20)(H,21,24,25). The number of halogens is 1. The molecule has 2 aliphatic heterocycles. The number of urea groups is 1. The molecule has 1 aromatic rings. The van der Waals surface area contributed by atoms with Crippen molar-refractivity contribution in [2.75, 3.05) is 7.05 Å². The Bertz CT molecular complexity index is 723. The number of fused-ring (bicyclic) bond motifs is 1. The molecule has 3 unspecified atom stereocenters. The van der Waals surface area contributed by atoms with Gasteiger partial charge in [0.25, 0.3) is 5.91 Å². The zero-order valence-corrected chi connectivity index (χ0v) is 15.2. The van der Waals surface area contributed by atoms with Crippen LogP contribution >= 0.6 is 11.6 Å². The fourth-order valence-electron chi connectivity index (χ4n) is 2.95. The molecule has 25 heavy (non-hydrogen) atoms. The van der Waals surface area contributed by atoms with Crippen LogP contribution in [0.5, 0.6) is 0 Å². The van der Waals surface area contributed by atoms with Crippen LogP contribution in [0.25, 0.3) is 0 Å². The van der Waals surface area contributed by atoms with Gasteiger partial charge >= 0.3 is 6.03 Å². The molecule has 3 amide bonds. The molecule has 0 radical (unpaired) electrons. The van der Waals surface area contributed by atoms with E-state index in [-0.39, 0.29) is 11.9 Å². The number of likely N-dealkylation sites (N-methyl/N-ethyl adjacent to an activating group) is 1. The summed E-state index contributed by atoms with van der Waals surface area (Å²) in [7, 11) is 1.64. The van der Waals surface area contributed by atoms with Gasteiger partial charge in [0.05, 0.1) is 0 Å². The van der Waals surface area contributed by atoms with Gasteiger partial charge in [0.15, 0.2) is 18.2 Å². The van der Waals surface area contributed by atoms with E-state index in [4.69, 9.17) is 11.6 Å². The van der Waals surface area contributed by atoms with E-state index in [0.29, 0.717) is 17.5 Å². The maximum absolute atomic E-state index is 12.5. The summed E-state index contributed by atoms with van der Waals surface area (Å²) in [6, 6.07) is 6.70. The van der Waals surface area contributed by atoms with Gasteiger partial charge in [-0.15, -0.1) is 0 Å². The van der Waals surface area contributed by atoms with Crippen molar-refractivity contribution < 1.29 is 9.59 Å². The van der Waals surface area contributed by atoms with Gasteiger partial charge in [-0.05, 0) is 25.0 Å². The SMILES string of the molecule is CCC(C)NC1=NC2C(C(=O)NC(=O)N2C)N1Cc1ccccc1Cl. The molecule has 1 aromatic carbocycles. The van der Waals surface area contributed by atoms with Gasteiger partial charge in [-0.25, -0.2) is 9.79 Å². The monoisotopic (exact) mass is 363 g/mol. The molecular formula is C17H22ClN5O2. The zero-order valence-electron chi connectivity index (χ0n) is 14.5. The second-order valence-electron chi connectivity index (χ2n) is 6.39. The highest BCUT2D eigenvalue weighted by Gasteiger charge is 2.48. The lowest BCUT2D eigenvalue weighted by Crippen LogP contribution is -2.64. The quantitative estimate of drug-likeness (QED) is 0.854. The van der Waals surface area contributed by atoms with Crippen molar-refractivity contribution in [3.05, 3.63) is 34.9 Å². The Morgan fingerprint density at radius 1 is 1.36 bits per heavy atom. The third-order valence-corrected chi connectivity index (χ3v) is 5.02. The molecule has 3 rings (SSSR count). The minimum atomic E-state index is -0.578. The van der Waals surface area contributed by atoms with Gasteiger partial charge in [-0.1, -0.05) is 36.7 Å². The van der Waals surface area contributed by atoms with E-state index in [9.17, 15) is 9.59 Å². The van der Waals surface area contributed by atoms with Gasteiger partial charge in [0.1, 0.15) is 0 Å². The Hall–Kier alpha value is -2.28. The fraction of sp³-hybridized carbons (Fsp3) is 0.471. The summed E-state index contributed by atoms with van der Waals surface area (Å²) in [5.74, 6) is 0.269. The lowest BCUT2D eigenvalue weighted by Gasteiger charge is -2.36. The summed E-state index contributed by atoms with van der Waals surface area (Å²) in [4.78, 5) is 32.4. The molecule has 7 nitrogen and oxygen atoms in total. The third kappa shape index (κ3) is 3.28. The van der Waals surface area contributed by atoms with Crippen LogP contribution in [0.15, 0.2) is 29.3 Å². The van der Waals surface area contributed by atoms with Gasteiger partial charge < -0.3 is 15.1 Å². The summed E-state index contributed by atoms with van der Waals surface area (Å²) >= 11 is 6.29. The van der Waals surface area contributed by atoms with E-state index in [1.165, 1.54) is 4.90 Å². The number of nitrogens with zero attached hydrogens (tertiary/aromatic N) is 3. The highest BCUT2D eigenvalue weighted by Crippen LogP contribution is 2.27. The largest absolute Gasteiger partial charge is 0.354 e. The number of imide groups is 1. The molecule has 1 fully saturated rings. The zero-order chi connectivity index (χ0) is 18.1. The van der Waals surface area contributed by atoms with E-state index < -0.39 is 18.2 Å². The van der Waals surface area contributed by atoms with Gasteiger partial charge in [-0.2, -0.15) is 0 Å². The summed E-state index contributed by atoms with van der Waals surface area (Å²) in [6.07, 6.45) is 0.366. The predicted octanol–water partition coefficient (Wildman–Crippen LogP) is 1.78. The molecular weight excluding hydrogens is 342 g/mol. The van der Waals surface area contributed by atoms with Crippen LogP contribution in [0.4, 0.5) is 4.79 Å². The third-order valence-electron chi connectivity index (χ3n) is 4.65. The number of amides is 3. The number of benzene rings is 1. The van der Waals surface area contributed by atoms with Crippen LogP contribution in [0.2, 0.25) is 5.02 Å². The number of aliphatic imine (C=N–C) groups is 1. The van der Waals surface area contributed by atoms with E-state index >= 15 is 0 Å². The average molecular weight is 364 g/mol. The second kappa shape index (κ2) is 6.92. The van der Waals surface area contributed by atoms with Crippen molar-refractivity contribution >= 4 is 29.5 Å². The van der Waals surface area contributed by atoms with Crippen molar-refractivity contribution in [3.8, 4) is 0 Å². The fourth-order valence-corrected chi connectivity index (χ4v) is 3.15. The molecule has 8 heteroatoms. The van der Waals surface area contributed by atoms with Crippen molar-refractivity contribution in [2.45, 2.75) is 45.1 Å². The second-order valence-corrected chi connectivity index (χ2v) is 6.80. The van der Waals surface area contributed by atoms with E-state index in [0.717, 1.165) is 12.0 Å². The smallest absolute Gasteiger partial charge is 0.325 e. The summed E-state index contributed by atoms with van der Waals surface area (Å²) in [5, 5.41) is 6.37. The molecule has 2 heterocycles. The lowest BCUT2D eigenvalue weighted by atomic mass is 10.1.